The molecule has 0 N–H and O–H groups in total. The van der Waals surface area contributed by atoms with Crippen molar-refractivity contribution in [1.82, 2.24) is 24.3 Å². The molecule has 118 valence electrons. The van der Waals surface area contributed by atoms with Gasteiger partial charge < -0.3 is 0 Å². The van der Waals surface area contributed by atoms with Gasteiger partial charge in [0.1, 0.15) is 12.7 Å². The summed E-state index contributed by atoms with van der Waals surface area (Å²) in [5.41, 5.74) is 2.13. The highest BCUT2D eigenvalue weighted by atomic mass is 35.5. The van der Waals surface area contributed by atoms with Crippen LogP contribution >= 0.6 is 11.6 Å². The summed E-state index contributed by atoms with van der Waals surface area (Å²) in [7, 11) is -3.43. The van der Waals surface area contributed by atoms with E-state index in [9.17, 15) is 8.42 Å². The summed E-state index contributed by atoms with van der Waals surface area (Å²) in [5.74, 6) is 0.639. The highest BCUT2D eigenvalue weighted by Crippen LogP contribution is 2.33. The molecule has 0 saturated heterocycles. The first-order chi connectivity index (χ1) is 11.0. The maximum Gasteiger partial charge on any atom is 0.197 e. The number of rotatable bonds is 2. The average Bonchev–Trinajstić information content (AvgIpc) is 3.13. The van der Waals surface area contributed by atoms with Gasteiger partial charge in [-0.25, -0.2) is 23.1 Å². The zero-order valence-corrected chi connectivity index (χ0v) is 13.7. The van der Waals surface area contributed by atoms with Gasteiger partial charge in [-0.15, -0.1) is 0 Å². The maximum atomic E-state index is 12.3. The first-order valence-corrected chi connectivity index (χ1v) is 9.01. The van der Waals surface area contributed by atoms with Crippen molar-refractivity contribution in [2.24, 2.45) is 0 Å². The second-order valence-corrected chi connectivity index (χ2v) is 7.80. The number of benzene rings is 1. The van der Waals surface area contributed by atoms with Crippen molar-refractivity contribution in [2.45, 2.75) is 18.5 Å². The summed E-state index contributed by atoms with van der Waals surface area (Å²) in [6, 6.07) is 5.38. The predicted octanol–water partition coefficient (Wildman–Crippen LogP) is 1.94. The fraction of sp³-hybridized carbons (Fsp3) is 0.214. The highest BCUT2D eigenvalue weighted by Gasteiger charge is 2.28. The predicted molar refractivity (Wildman–Crippen MR) is 84.4 cm³/mol. The van der Waals surface area contributed by atoms with Crippen LogP contribution in [0.3, 0.4) is 0 Å². The van der Waals surface area contributed by atoms with E-state index in [1.807, 2.05) is 6.07 Å². The van der Waals surface area contributed by atoms with Gasteiger partial charge in [0.05, 0.1) is 23.7 Å². The molecule has 0 spiro atoms. The number of fused-ring (bicyclic) bond motifs is 5. The third-order valence-electron chi connectivity index (χ3n) is 3.88. The lowest BCUT2D eigenvalue weighted by Gasteiger charge is -2.09. The second-order valence-electron chi connectivity index (χ2n) is 5.17. The molecule has 0 radical (unpaired) electrons. The fourth-order valence-electron chi connectivity index (χ4n) is 2.73. The van der Waals surface area contributed by atoms with Crippen molar-refractivity contribution >= 4 is 21.4 Å². The van der Waals surface area contributed by atoms with Gasteiger partial charge in [0.2, 0.25) is 0 Å². The van der Waals surface area contributed by atoms with E-state index in [2.05, 4.69) is 15.1 Å². The number of sulfone groups is 1. The molecule has 0 saturated carbocycles. The minimum absolute atomic E-state index is 0.00526. The molecule has 1 aromatic carbocycles. The quantitative estimate of drug-likeness (QED) is 0.552. The number of hydrogen-bond acceptors (Lipinski definition) is 5. The van der Waals surface area contributed by atoms with Crippen LogP contribution in [-0.2, 0) is 16.4 Å². The summed E-state index contributed by atoms with van der Waals surface area (Å²) in [5, 5.41) is 4.86. The Hall–Kier alpha value is -2.19. The number of halogens is 1. The Morgan fingerprint density at radius 3 is 2.91 bits per heavy atom. The smallest absolute Gasteiger partial charge is 0.197 e. The zero-order chi connectivity index (χ0) is 16.2. The molecule has 1 aliphatic heterocycles. The van der Waals surface area contributed by atoms with E-state index in [0.29, 0.717) is 16.5 Å². The molecule has 0 aliphatic carbocycles. The molecular weight excluding hydrogens is 338 g/mol. The Morgan fingerprint density at radius 1 is 1.30 bits per heavy atom. The summed E-state index contributed by atoms with van der Waals surface area (Å²) >= 11 is 6.11. The normalized spacial score (nSPS) is 13.1. The second kappa shape index (κ2) is 4.90. The zero-order valence-electron chi connectivity index (χ0n) is 12.1. The molecule has 3 aromatic rings. The van der Waals surface area contributed by atoms with E-state index in [0.717, 1.165) is 11.3 Å². The van der Waals surface area contributed by atoms with Gasteiger partial charge in [-0.3, -0.25) is 4.57 Å². The van der Waals surface area contributed by atoms with Gasteiger partial charge in [-0.2, -0.15) is 5.10 Å². The SMILES string of the molecule is CCS(=O)(=O)c1ncn2c1Cn1ncnc1-c1cc(Cl)ccc1-2. The lowest BCUT2D eigenvalue weighted by atomic mass is 10.1. The van der Waals surface area contributed by atoms with Crippen LogP contribution in [0.25, 0.3) is 17.1 Å². The van der Waals surface area contributed by atoms with E-state index in [4.69, 9.17) is 11.6 Å². The highest BCUT2D eigenvalue weighted by molar-refractivity contribution is 7.91. The molecule has 0 fully saturated rings. The van der Waals surface area contributed by atoms with Gasteiger partial charge >= 0.3 is 0 Å². The largest absolute Gasteiger partial charge is 0.299 e. The van der Waals surface area contributed by atoms with Crippen LogP contribution in [0.5, 0.6) is 0 Å². The molecule has 0 bridgehead atoms. The van der Waals surface area contributed by atoms with Crippen LogP contribution in [0.4, 0.5) is 0 Å². The van der Waals surface area contributed by atoms with Crippen LogP contribution < -0.4 is 0 Å². The van der Waals surface area contributed by atoms with Gasteiger partial charge in [-0.05, 0) is 18.2 Å². The number of imidazole rings is 1. The molecule has 0 amide bonds. The van der Waals surface area contributed by atoms with Crippen molar-refractivity contribution < 1.29 is 8.42 Å². The Kier molecular flexibility index (Phi) is 3.07. The van der Waals surface area contributed by atoms with Crippen LogP contribution in [0.15, 0.2) is 35.9 Å². The van der Waals surface area contributed by atoms with Crippen molar-refractivity contribution in [3.63, 3.8) is 0 Å². The fourth-order valence-corrected chi connectivity index (χ4v) is 3.91. The third kappa shape index (κ3) is 2.09. The van der Waals surface area contributed by atoms with Crippen molar-refractivity contribution in [3.8, 4) is 17.1 Å². The molecule has 0 unspecified atom stereocenters. The van der Waals surface area contributed by atoms with Crippen LogP contribution in [0.1, 0.15) is 12.6 Å². The molecule has 4 rings (SSSR count). The number of aromatic nitrogens is 5. The Balaban J connectivity index is 2.07. The Morgan fingerprint density at radius 2 is 2.13 bits per heavy atom. The summed E-state index contributed by atoms with van der Waals surface area (Å²) in [6.45, 7) is 1.88. The molecule has 9 heteroatoms. The van der Waals surface area contributed by atoms with E-state index >= 15 is 0 Å². The molecule has 2 aromatic heterocycles. The molecular formula is C14H12ClN5O2S. The van der Waals surface area contributed by atoms with Gasteiger partial charge in [0.15, 0.2) is 20.7 Å². The van der Waals surface area contributed by atoms with Crippen molar-refractivity contribution in [2.75, 3.05) is 5.75 Å². The minimum Gasteiger partial charge on any atom is -0.299 e. The molecule has 0 atom stereocenters. The molecule has 23 heavy (non-hydrogen) atoms. The Bertz CT molecular complexity index is 1020. The average molecular weight is 350 g/mol. The van der Waals surface area contributed by atoms with Crippen LogP contribution in [0.2, 0.25) is 5.02 Å². The first kappa shape index (κ1) is 14.4. The van der Waals surface area contributed by atoms with E-state index in [1.54, 1.807) is 28.3 Å². The molecule has 1 aliphatic rings. The van der Waals surface area contributed by atoms with Gasteiger partial charge in [0, 0.05) is 10.6 Å². The summed E-state index contributed by atoms with van der Waals surface area (Å²) in [4.78, 5) is 8.42. The van der Waals surface area contributed by atoms with Crippen molar-refractivity contribution in [1.29, 1.82) is 0 Å². The van der Waals surface area contributed by atoms with E-state index < -0.39 is 9.84 Å². The first-order valence-electron chi connectivity index (χ1n) is 6.98. The maximum absolute atomic E-state index is 12.3. The third-order valence-corrected chi connectivity index (χ3v) is 5.80. The lowest BCUT2D eigenvalue weighted by Crippen LogP contribution is -2.12. The summed E-state index contributed by atoms with van der Waals surface area (Å²) < 4.78 is 28.1. The Labute approximate surface area is 137 Å². The monoisotopic (exact) mass is 349 g/mol. The standard InChI is InChI=1S/C14H12ClN5O2S/c1-2-23(21,22)14-12-6-20-13(16-7-18-20)10-5-9(15)3-4-11(10)19(12)8-17-14/h3-5,7-8H,2,6H2,1H3. The summed E-state index contributed by atoms with van der Waals surface area (Å²) in [6.07, 6.45) is 2.97. The van der Waals surface area contributed by atoms with E-state index in [1.165, 1.54) is 12.7 Å². The molecule has 7 nitrogen and oxygen atoms in total. The minimum atomic E-state index is -3.43. The van der Waals surface area contributed by atoms with Crippen LogP contribution in [0, 0.1) is 0 Å². The number of hydrogen-bond donors (Lipinski definition) is 0. The van der Waals surface area contributed by atoms with Gasteiger partial charge in [0.25, 0.3) is 0 Å². The topological polar surface area (TPSA) is 82.7 Å². The lowest BCUT2D eigenvalue weighted by molar-refractivity contribution is 0.589. The molecule has 3 heterocycles. The van der Waals surface area contributed by atoms with Crippen molar-refractivity contribution in [3.05, 3.63) is 41.6 Å². The van der Waals surface area contributed by atoms with E-state index in [-0.39, 0.29) is 17.3 Å². The number of nitrogens with zero attached hydrogens (tertiary/aromatic N) is 5. The van der Waals surface area contributed by atoms with Gasteiger partial charge in [-0.1, -0.05) is 18.5 Å². The van der Waals surface area contributed by atoms with Crippen LogP contribution in [-0.4, -0.2) is 38.5 Å².